The molecule has 0 aliphatic heterocycles. The van der Waals surface area contributed by atoms with E-state index in [1.807, 2.05) is 6.07 Å². The van der Waals surface area contributed by atoms with Gasteiger partial charge in [-0.25, -0.2) is 18.7 Å². The van der Waals surface area contributed by atoms with Crippen LogP contribution in [0.15, 0.2) is 48.5 Å². The molecule has 1 aromatic heterocycles. The molecule has 160 valence electrons. The fourth-order valence-corrected chi connectivity index (χ4v) is 2.65. The summed E-state index contributed by atoms with van der Waals surface area (Å²) in [5.41, 5.74) is 10.9. The van der Waals surface area contributed by atoms with Gasteiger partial charge in [-0.05, 0) is 11.6 Å². The Balaban J connectivity index is 1.93. The van der Waals surface area contributed by atoms with Crippen molar-refractivity contribution in [2.45, 2.75) is 12.6 Å². The summed E-state index contributed by atoms with van der Waals surface area (Å²) in [7, 11) is 0. The first-order chi connectivity index (χ1) is 14.9. The van der Waals surface area contributed by atoms with Gasteiger partial charge in [0.15, 0.2) is 17.4 Å². The highest BCUT2D eigenvalue weighted by Gasteiger charge is 2.18. The Bertz CT molecular complexity index is 1100. The van der Waals surface area contributed by atoms with E-state index in [-0.39, 0.29) is 41.8 Å². The Hall–Kier alpha value is -3.92. The third kappa shape index (κ3) is 5.37. The molecule has 0 spiro atoms. The number of nitrogens with one attached hydrogen (secondary N) is 1. The van der Waals surface area contributed by atoms with Gasteiger partial charge in [0, 0.05) is 18.7 Å². The van der Waals surface area contributed by atoms with Crippen molar-refractivity contribution in [2.24, 2.45) is 11.5 Å². The summed E-state index contributed by atoms with van der Waals surface area (Å²) in [5.74, 6) is -3.22. The van der Waals surface area contributed by atoms with Crippen molar-refractivity contribution >= 4 is 18.0 Å². The molecule has 0 unspecified atom stereocenters. The lowest BCUT2D eigenvalue weighted by Gasteiger charge is -2.14. The number of hydrogen-bond acceptors (Lipinski definition) is 7. The number of primary amides is 1. The van der Waals surface area contributed by atoms with Gasteiger partial charge in [0.05, 0.1) is 11.6 Å². The summed E-state index contributed by atoms with van der Waals surface area (Å²) in [4.78, 5) is 30.6. The number of carbonyl (C=O) groups excluding carboxylic acids is 2. The molecule has 3 rings (SSSR count). The molecule has 1 heterocycles. The van der Waals surface area contributed by atoms with E-state index in [0.29, 0.717) is 6.29 Å². The van der Waals surface area contributed by atoms with Gasteiger partial charge in [-0.2, -0.15) is 0 Å². The molecule has 3 aromatic rings. The maximum absolute atomic E-state index is 14.8. The van der Waals surface area contributed by atoms with Crippen molar-refractivity contribution in [2.75, 3.05) is 11.9 Å². The molecule has 5 N–H and O–H groups in total. The Kier molecular flexibility index (Phi) is 6.83. The van der Waals surface area contributed by atoms with Gasteiger partial charge in [0.25, 0.3) is 5.91 Å². The van der Waals surface area contributed by atoms with Crippen LogP contribution in [0.3, 0.4) is 0 Å². The van der Waals surface area contributed by atoms with Crippen LogP contribution in [0.2, 0.25) is 0 Å². The predicted octanol–water partition coefficient (Wildman–Crippen LogP) is 2.04. The van der Waals surface area contributed by atoms with E-state index < -0.39 is 23.6 Å². The van der Waals surface area contributed by atoms with E-state index in [4.69, 9.17) is 16.2 Å². The van der Waals surface area contributed by atoms with E-state index >= 15 is 0 Å². The smallest absolute Gasteiger partial charge is 0.267 e. The average molecular weight is 427 g/mol. The first-order valence-corrected chi connectivity index (χ1v) is 9.18. The number of aldehydes is 1. The lowest BCUT2D eigenvalue weighted by atomic mass is 10.1. The number of aromatic nitrogens is 2. The molecule has 1 atom stereocenters. The fourth-order valence-electron chi connectivity index (χ4n) is 2.65. The fraction of sp³-hybridized carbons (Fsp3) is 0.143. The monoisotopic (exact) mass is 427 g/mol. The van der Waals surface area contributed by atoms with Crippen molar-refractivity contribution in [3.05, 3.63) is 71.4 Å². The third-order valence-electron chi connectivity index (χ3n) is 4.23. The highest BCUT2D eigenvalue weighted by Crippen LogP contribution is 2.28. The zero-order valence-electron chi connectivity index (χ0n) is 16.2. The van der Waals surface area contributed by atoms with E-state index in [0.717, 1.165) is 17.7 Å². The highest BCUT2D eigenvalue weighted by molar-refractivity contribution is 5.92. The Morgan fingerprint density at radius 1 is 1.13 bits per heavy atom. The number of halogens is 2. The molecule has 1 amide bonds. The third-order valence-corrected chi connectivity index (χ3v) is 4.23. The van der Waals surface area contributed by atoms with Crippen molar-refractivity contribution in [1.82, 2.24) is 9.97 Å². The summed E-state index contributed by atoms with van der Waals surface area (Å²) < 4.78 is 34.7. The van der Waals surface area contributed by atoms with Crippen molar-refractivity contribution in [3.63, 3.8) is 0 Å². The van der Waals surface area contributed by atoms with E-state index in [1.54, 1.807) is 24.3 Å². The summed E-state index contributed by atoms with van der Waals surface area (Å²) in [6.45, 7) is -0.00434. The van der Waals surface area contributed by atoms with Crippen LogP contribution in [-0.2, 0) is 11.4 Å². The number of carbonyl (C=O) groups is 2. The van der Waals surface area contributed by atoms with E-state index in [9.17, 15) is 18.4 Å². The number of nitrogens with zero attached hydrogens (tertiary/aromatic N) is 2. The zero-order valence-corrected chi connectivity index (χ0v) is 16.2. The topological polar surface area (TPSA) is 133 Å². The standard InChI is InChI=1S/C21H19F2N5O3/c22-15-7-18(31-11-12-4-2-1-3-5-12)16(23)6-14(15)21-27-17(20(25)30)8-19(28-21)26-13(9-24)10-29/h1-8,10,13H,9,11,24H2,(H2,25,30)(H,26,27,28)/t13-/m0/s1. The van der Waals surface area contributed by atoms with Gasteiger partial charge in [-0.1, -0.05) is 30.3 Å². The number of hydrogen-bond donors (Lipinski definition) is 3. The van der Waals surface area contributed by atoms with Gasteiger partial charge in [0.2, 0.25) is 0 Å². The molecule has 0 bridgehead atoms. The number of amides is 1. The molecule has 8 nitrogen and oxygen atoms in total. The van der Waals surface area contributed by atoms with Crippen molar-refractivity contribution < 1.29 is 23.1 Å². The molecule has 0 fully saturated rings. The quantitative estimate of drug-likeness (QED) is 0.445. The van der Waals surface area contributed by atoms with Crippen LogP contribution in [0, 0.1) is 11.6 Å². The van der Waals surface area contributed by atoms with Crippen LogP contribution >= 0.6 is 0 Å². The maximum atomic E-state index is 14.8. The molecule has 31 heavy (non-hydrogen) atoms. The normalized spacial score (nSPS) is 11.6. The Morgan fingerprint density at radius 3 is 2.52 bits per heavy atom. The van der Waals surface area contributed by atoms with E-state index in [1.165, 1.54) is 6.07 Å². The number of ether oxygens (including phenoxy) is 1. The molecule has 0 aliphatic carbocycles. The zero-order chi connectivity index (χ0) is 22.4. The minimum absolute atomic E-state index is 0.00515. The largest absolute Gasteiger partial charge is 0.486 e. The van der Waals surface area contributed by atoms with Crippen LogP contribution in [0.4, 0.5) is 14.6 Å². The molecule has 2 aromatic carbocycles. The molecule has 0 saturated heterocycles. The van der Waals surface area contributed by atoms with Crippen LogP contribution < -0.4 is 21.5 Å². The lowest BCUT2D eigenvalue weighted by Crippen LogP contribution is -2.31. The molecule has 0 aliphatic rings. The van der Waals surface area contributed by atoms with Crippen LogP contribution in [0.1, 0.15) is 16.1 Å². The highest BCUT2D eigenvalue weighted by atomic mass is 19.1. The SMILES string of the molecule is NC[C@@H](C=O)Nc1cc(C(N)=O)nc(-c2cc(F)c(OCc3ccccc3)cc2F)n1. The number of nitrogens with two attached hydrogens (primary N) is 2. The van der Waals surface area contributed by atoms with Gasteiger partial charge < -0.3 is 26.3 Å². The predicted molar refractivity (Wildman–Crippen MR) is 109 cm³/mol. The van der Waals surface area contributed by atoms with Gasteiger partial charge in [-0.15, -0.1) is 0 Å². The number of rotatable bonds is 9. The van der Waals surface area contributed by atoms with Crippen molar-refractivity contribution in [3.8, 4) is 17.1 Å². The Labute approximate surface area is 176 Å². The van der Waals surface area contributed by atoms with Crippen LogP contribution in [0.5, 0.6) is 5.75 Å². The van der Waals surface area contributed by atoms with Gasteiger partial charge >= 0.3 is 0 Å². The minimum Gasteiger partial charge on any atom is -0.486 e. The second kappa shape index (κ2) is 9.72. The van der Waals surface area contributed by atoms with Crippen LogP contribution in [0.25, 0.3) is 11.4 Å². The van der Waals surface area contributed by atoms with E-state index in [2.05, 4.69) is 15.3 Å². The molecular weight excluding hydrogens is 408 g/mol. The maximum Gasteiger partial charge on any atom is 0.267 e. The van der Waals surface area contributed by atoms with Crippen LogP contribution in [-0.4, -0.2) is 34.7 Å². The first kappa shape index (κ1) is 21.8. The number of benzene rings is 2. The molecule has 0 radical (unpaired) electrons. The van der Waals surface area contributed by atoms with Gasteiger partial charge in [0.1, 0.15) is 30.2 Å². The summed E-state index contributed by atoms with van der Waals surface area (Å²) in [6, 6.07) is 11.1. The molecular formula is C21H19F2N5O3. The second-order valence-electron chi connectivity index (χ2n) is 6.49. The first-order valence-electron chi connectivity index (χ1n) is 9.18. The Morgan fingerprint density at radius 2 is 1.87 bits per heavy atom. The summed E-state index contributed by atoms with van der Waals surface area (Å²) >= 11 is 0. The average Bonchev–Trinajstić information content (AvgIpc) is 2.78. The second-order valence-corrected chi connectivity index (χ2v) is 6.49. The summed E-state index contributed by atoms with van der Waals surface area (Å²) in [6.07, 6.45) is 0.546. The van der Waals surface area contributed by atoms with Crippen molar-refractivity contribution in [1.29, 1.82) is 0 Å². The number of anilines is 1. The van der Waals surface area contributed by atoms with Gasteiger partial charge in [-0.3, -0.25) is 4.79 Å². The lowest BCUT2D eigenvalue weighted by molar-refractivity contribution is -0.108. The molecule has 0 saturated carbocycles. The minimum atomic E-state index is -0.911. The summed E-state index contributed by atoms with van der Waals surface area (Å²) in [5, 5.41) is 2.67. The molecule has 10 heteroatoms.